The molecule has 1 saturated heterocycles. The zero-order valence-corrected chi connectivity index (χ0v) is 11.1. The smallest absolute Gasteiger partial charge is 0.410 e. The van der Waals surface area contributed by atoms with Gasteiger partial charge in [0.2, 0.25) is 0 Å². The second-order valence-electron chi connectivity index (χ2n) is 3.91. The number of amides is 1. The van der Waals surface area contributed by atoms with Crippen molar-refractivity contribution in [1.29, 1.82) is 0 Å². The van der Waals surface area contributed by atoms with Crippen molar-refractivity contribution in [2.75, 3.05) is 13.2 Å². The molecule has 0 aliphatic carbocycles. The van der Waals surface area contributed by atoms with Gasteiger partial charge in [-0.05, 0) is 19.8 Å². The predicted octanol–water partition coefficient (Wildman–Crippen LogP) is 1.68. The van der Waals surface area contributed by atoms with Crippen LogP contribution in [0.4, 0.5) is 4.79 Å². The Kier molecular flexibility index (Phi) is 7.74. The van der Waals surface area contributed by atoms with E-state index in [9.17, 15) is 9.59 Å². The van der Waals surface area contributed by atoms with E-state index in [0.717, 1.165) is 13.3 Å². The molecule has 6 heteroatoms. The van der Waals surface area contributed by atoms with Crippen molar-refractivity contribution in [2.24, 2.45) is 0 Å². The lowest BCUT2D eigenvalue weighted by Gasteiger charge is -2.32. The molecule has 1 fully saturated rings. The highest BCUT2D eigenvalue weighted by molar-refractivity contribution is 5.88. The van der Waals surface area contributed by atoms with E-state index < -0.39 is 5.97 Å². The van der Waals surface area contributed by atoms with Crippen LogP contribution in [-0.4, -0.2) is 47.0 Å². The molecule has 1 unspecified atom stereocenters. The van der Waals surface area contributed by atoms with Crippen LogP contribution in [0.2, 0.25) is 0 Å². The summed E-state index contributed by atoms with van der Waals surface area (Å²) in [5.41, 5.74) is 0. The third-order valence-corrected chi connectivity index (χ3v) is 2.46. The number of Topliss-reactive ketones (excluding diaryl/α,β-unsaturated/α-hetero) is 1. The number of carbonyl (C=O) groups excluding carboxylic acids is 2. The molecule has 0 saturated carbocycles. The van der Waals surface area contributed by atoms with E-state index in [-0.39, 0.29) is 17.9 Å². The van der Waals surface area contributed by atoms with E-state index in [1.165, 1.54) is 0 Å². The maximum atomic E-state index is 11.5. The molecule has 1 N–H and O–H groups in total. The van der Waals surface area contributed by atoms with Crippen molar-refractivity contribution in [3.05, 3.63) is 0 Å². The predicted molar refractivity (Wildman–Crippen MR) is 65.4 cm³/mol. The Morgan fingerprint density at radius 2 is 2.00 bits per heavy atom. The van der Waals surface area contributed by atoms with Gasteiger partial charge in [-0.2, -0.15) is 0 Å². The Balaban J connectivity index is 0.000000631. The highest BCUT2D eigenvalue weighted by Crippen LogP contribution is 2.17. The fraction of sp³-hybridized carbons (Fsp3) is 0.750. The Hall–Kier alpha value is -1.59. The summed E-state index contributed by atoms with van der Waals surface area (Å²) in [5.74, 6) is -0.674. The molecule has 1 aliphatic heterocycles. The van der Waals surface area contributed by atoms with Gasteiger partial charge in [0.05, 0.1) is 12.6 Å². The van der Waals surface area contributed by atoms with Gasteiger partial charge in [-0.15, -0.1) is 0 Å². The van der Waals surface area contributed by atoms with Gasteiger partial charge < -0.3 is 9.84 Å². The number of hydrogen-bond acceptors (Lipinski definition) is 4. The zero-order valence-electron chi connectivity index (χ0n) is 11.1. The zero-order chi connectivity index (χ0) is 14.1. The van der Waals surface area contributed by atoms with Gasteiger partial charge >= 0.3 is 6.09 Å². The SMILES string of the molecule is CC(=O)O.CCOC(=O)N1CCCC(=O)C1CC. The maximum Gasteiger partial charge on any atom is 0.410 e. The van der Waals surface area contributed by atoms with Crippen LogP contribution in [0, 0.1) is 0 Å². The highest BCUT2D eigenvalue weighted by Gasteiger charge is 2.32. The van der Waals surface area contributed by atoms with E-state index in [1.54, 1.807) is 11.8 Å². The summed E-state index contributed by atoms with van der Waals surface area (Å²) in [5, 5.41) is 7.42. The molecular weight excluding hydrogens is 238 g/mol. The molecule has 1 aliphatic rings. The summed E-state index contributed by atoms with van der Waals surface area (Å²) < 4.78 is 4.90. The number of ketones is 1. The molecule has 1 amide bonds. The van der Waals surface area contributed by atoms with Gasteiger partial charge in [-0.1, -0.05) is 6.92 Å². The topological polar surface area (TPSA) is 83.9 Å². The van der Waals surface area contributed by atoms with Gasteiger partial charge in [0.1, 0.15) is 0 Å². The molecule has 1 atom stereocenters. The molecule has 0 radical (unpaired) electrons. The van der Waals surface area contributed by atoms with Crippen LogP contribution in [-0.2, 0) is 14.3 Å². The Morgan fingerprint density at radius 3 is 2.44 bits per heavy atom. The van der Waals surface area contributed by atoms with Gasteiger partial charge in [0, 0.05) is 19.9 Å². The normalized spacial score (nSPS) is 18.7. The molecule has 0 aromatic heterocycles. The summed E-state index contributed by atoms with van der Waals surface area (Å²) in [4.78, 5) is 33.5. The first-order valence-electron chi connectivity index (χ1n) is 6.09. The number of aliphatic carboxylic acids is 1. The average molecular weight is 259 g/mol. The van der Waals surface area contributed by atoms with E-state index in [4.69, 9.17) is 14.6 Å². The first-order valence-corrected chi connectivity index (χ1v) is 6.09. The lowest BCUT2D eigenvalue weighted by Crippen LogP contribution is -2.48. The molecule has 6 nitrogen and oxygen atoms in total. The molecule has 0 spiro atoms. The average Bonchev–Trinajstić information content (AvgIpc) is 2.28. The van der Waals surface area contributed by atoms with E-state index in [2.05, 4.69) is 0 Å². The van der Waals surface area contributed by atoms with Gasteiger partial charge in [0.15, 0.2) is 5.78 Å². The van der Waals surface area contributed by atoms with Crippen molar-refractivity contribution in [2.45, 2.75) is 46.1 Å². The highest BCUT2D eigenvalue weighted by atomic mass is 16.6. The fourth-order valence-corrected chi connectivity index (χ4v) is 1.79. The third-order valence-electron chi connectivity index (χ3n) is 2.46. The molecule has 0 aromatic rings. The second kappa shape index (κ2) is 8.49. The number of nitrogens with zero attached hydrogens (tertiary/aromatic N) is 1. The van der Waals surface area contributed by atoms with Crippen molar-refractivity contribution in [1.82, 2.24) is 4.90 Å². The van der Waals surface area contributed by atoms with Crippen LogP contribution in [0.1, 0.15) is 40.0 Å². The number of carbonyl (C=O) groups is 3. The minimum atomic E-state index is -0.833. The van der Waals surface area contributed by atoms with Gasteiger partial charge in [-0.25, -0.2) is 4.79 Å². The maximum absolute atomic E-state index is 11.5. The Morgan fingerprint density at radius 1 is 1.44 bits per heavy atom. The number of rotatable bonds is 2. The van der Waals surface area contributed by atoms with E-state index in [1.807, 2.05) is 6.92 Å². The van der Waals surface area contributed by atoms with Crippen LogP contribution < -0.4 is 0 Å². The minimum Gasteiger partial charge on any atom is -0.481 e. The van der Waals surface area contributed by atoms with E-state index >= 15 is 0 Å². The van der Waals surface area contributed by atoms with Crippen LogP contribution in [0.15, 0.2) is 0 Å². The monoisotopic (exact) mass is 259 g/mol. The standard InChI is InChI=1S/C10H17NO3.C2H4O2/c1-3-8-9(12)6-5-7-11(8)10(13)14-4-2;1-2(3)4/h8H,3-7H2,1-2H3;1H3,(H,3,4). The summed E-state index contributed by atoms with van der Waals surface area (Å²) in [7, 11) is 0. The second-order valence-corrected chi connectivity index (χ2v) is 3.91. The number of likely N-dealkylation sites (tertiary alicyclic amines) is 1. The van der Waals surface area contributed by atoms with Crippen LogP contribution >= 0.6 is 0 Å². The van der Waals surface area contributed by atoms with Crippen molar-refractivity contribution in [3.8, 4) is 0 Å². The lowest BCUT2D eigenvalue weighted by molar-refractivity contribution is -0.134. The minimum absolute atomic E-state index is 0.159. The molecule has 0 aromatic carbocycles. The molecule has 1 rings (SSSR count). The number of carboxylic acid groups (broad SMARTS) is 1. The number of hydrogen-bond donors (Lipinski definition) is 1. The molecule has 1 heterocycles. The summed E-state index contributed by atoms with van der Waals surface area (Å²) in [6.45, 7) is 5.77. The third kappa shape index (κ3) is 5.65. The van der Waals surface area contributed by atoms with Gasteiger partial charge in [-0.3, -0.25) is 14.5 Å². The molecule has 0 bridgehead atoms. The van der Waals surface area contributed by atoms with Crippen molar-refractivity contribution < 1.29 is 24.2 Å². The van der Waals surface area contributed by atoms with Crippen molar-refractivity contribution in [3.63, 3.8) is 0 Å². The largest absolute Gasteiger partial charge is 0.481 e. The summed E-state index contributed by atoms with van der Waals surface area (Å²) in [6, 6.07) is -0.261. The molecule has 104 valence electrons. The van der Waals surface area contributed by atoms with Crippen LogP contribution in [0.5, 0.6) is 0 Å². The Labute approximate surface area is 107 Å². The summed E-state index contributed by atoms with van der Waals surface area (Å²) >= 11 is 0. The number of piperidine rings is 1. The van der Waals surface area contributed by atoms with Crippen molar-refractivity contribution >= 4 is 17.8 Å². The van der Waals surface area contributed by atoms with E-state index in [0.29, 0.717) is 26.0 Å². The van der Waals surface area contributed by atoms with Crippen LogP contribution in [0.25, 0.3) is 0 Å². The Bertz CT molecular complexity index is 299. The lowest BCUT2D eigenvalue weighted by atomic mass is 9.99. The fourth-order valence-electron chi connectivity index (χ4n) is 1.79. The first-order chi connectivity index (χ1) is 8.43. The summed E-state index contributed by atoms with van der Waals surface area (Å²) in [6.07, 6.45) is 1.67. The first kappa shape index (κ1) is 16.4. The number of ether oxygens (including phenoxy) is 1. The van der Waals surface area contributed by atoms with Gasteiger partial charge in [0.25, 0.3) is 5.97 Å². The molecule has 18 heavy (non-hydrogen) atoms. The van der Waals surface area contributed by atoms with Crippen LogP contribution in [0.3, 0.4) is 0 Å². The molecular formula is C12H21NO5. The quantitative estimate of drug-likeness (QED) is 0.815. The number of carboxylic acids is 1.